The molecule has 0 fully saturated rings. The summed E-state index contributed by atoms with van der Waals surface area (Å²) in [5.41, 5.74) is 0.464. The summed E-state index contributed by atoms with van der Waals surface area (Å²) in [6.07, 6.45) is 0.541. The monoisotopic (exact) mass is 186 g/mol. The van der Waals surface area contributed by atoms with Crippen molar-refractivity contribution in [3.8, 4) is 0 Å². The van der Waals surface area contributed by atoms with E-state index in [9.17, 15) is 4.79 Å². The van der Waals surface area contributed by atoms with Crippen LogP contribution in [0.2, 0.25) is 0 Å². The average Bonchev–Trinajstić information content (AvgIpc) is 2.10. The quantitative estimate of drug-likeness (QED) is 0.360. The third kappa shape index (κ3) is 6.34. The fourth-order valence-electron chi connectivity index (χ4n) is 0.761. The van der Waals surface area contributed by atoms with E-state index in [-0.39, 0.29) is 5.97 Å². The highest BCUT2D eigenvalue weighted by molar-refractivity contribution is 5.87. The number of carbonyl (C=O) groups is 1. The summed E-state index contributed by atoms with van der Waals surface area (Å²) in [6, 6.07) is 0. The van der Waals surface area contributed by atoms with Crippen LogP contribution in [0.1, 0.15) is 20.3 Å². The van der Waals surface area contributed by atoms with Crippen molar-refractivity contribution in [2.45, 2.75) is 20.3 Å². The van der Waals surface area contributed by atoms with Crippen LogP contribution in [0, 0.1) is 5.92 Å². The zero-order chi connectivity index (χ0) is 10.3. The zero-order valence-corrected chi connectivity index (χ0v) is 8.63. The van der Waals surface area contributed by atoms with Gasteiger partial charge in [-0.05, 0) is 5.92 Å². The number of hydrogen-bond donors (Lipinski definition) is 0. The van der Waals surface area contributed by atoms with Gasteiger partial charge in [0.2, 0.25) is 0 Å². The van der Waals surface area contributed by atoms with Crippen LogP contribution in [-0.2, 0) is 14.3 Å². The molecule has 0 atom stereocenters. The van der Waals surface area contributed by atoms with Gasteiger partial charge in [-0.2, -0.15) is 0 Å². The van der Waals surface area contributed by atoms with Crippen molar-refractivity contribution in [2.75, 3.05) is 20.3 Å². The third-order valence-corrected chi connectivity index (χ3v) is 1.47. The minimum Gasteiger partial charge on any atom is -0.466 e. The number of esters is 1. The Morgan fingerprint density at radius 1 is 1.46 bits per heavy atom. The van der Waals surface area contributed by atoms with Gasteiger partial charge in [0.1, 0.15) is 0 Å². The first kappa shape index (κ1) is 12.2. The van der Waals surface area contributed by atoms with Gasteiger partial charge in [0, 0.05) is 18.6 Å². The molecule has 0 unspecified atom stereocenters. The lowest BCUT2D eigenvalue weighted by atomic mass is 10.2. The lowest BCUT2D eigenvalue weighted by Crippen LogP contribution is -2.08. The van der Waals surface area contributed by atoms with E-state index >= 15 is 0 Å². The van der Waals surface area contributed by atoms with Crippen LogP contribution in [0.5, 0.6) is 0 Å². The Hall–Kier alpha value is -0.830. The predicted octanol–water partition coefficient (Wildman–Crippen LogP) is 1.78. The first-order chi connectivity index (χ1) is 6.07. The fourth-order valence-corrected chi connectivity index (χ4v) is 0.761. The van der Waals surface area contributed by atoms with Crippen LogP contribution in [0.4, 0.5) is 0 Å². The molecule has 0 bridgehead atoms. The molecule has 0 saturated heterocycles. The van der Waals surface area contributed by atoms with E-state index in [0.717, 1.165) is 0 Å². The Balaban J connectivity index is 3.43. The molecule has 0 aliphatic carbocycles. The molecule has 13 heavy (non-hydrogen) atoms. The molecule has 0 aromatic heterocycles. The summed E-state index contributed by atoms with van der Waals surface area (Å²) in [6.45, 7) is 9.00. The molecule has 3 heteroatoms. The van der Waals surface area contributed by atoms with Gasteiger partial charge in [-0.1, -0.05) is 20.4 Å². The molecule has 0 N–H and O–H groups in total. The normalized spacial score (nSPS) is 10.2. The lowest BCUT2D eigenvalue weighted by Gasteiger charge is -2.07. The molecule has 0 spiro atoms. The van der Waals surface area contributed by atoms with Gasteiger partial charge in [0.05, 0.1) is 13.7 Å². The lowest BCUT2D eigenvalue weighted by molar-refractivity contribution is -0.136. The third-order valence-electron chi connectivity index (χ3n) is 1.47. The molecule has 76 valence electrons. The summed E-state index contributed by atoms with van der Waals surface area (Å²) in [5.74, 6) is 0.166. The van der Waals surface area contributed by atoms with Gasteiger partial charge in [-0.25, -0.2) is 4.79 Å². The van der Waals surface area contributed by atoms with Gasteiger partial charge in [-0.3, -0.25) is 0 Å². The van der Waals surface area contributed by atoms with Crippen molar-refractivity contribution >= 4 is 5.97 Å². The Morgan fingerprint density at radius 2 is 2.08 bits per heavy atom. The van der Waals surface area contributed by atoms with E-state index in [2.05, 4.69) is 25.2 Å². The molecule has 0 radical (unpaired) electrons. The standard InChI is InChI=1S/C10H18O3/c1-8(2)7-13-6-5-9(3)10(11)12-4/h8H,3,5-7H2,1-2,4H3. The minimum absolute atomic E-state index is 0.354. The zero-order valence-electron chi connectivity index (χ0n) is 8.63. The second-order valence-electron chi connectivity index (χ2n) is 3.31. The summed E-state index contributed by atoms with van der Waals surface area (Å²) >= 11 is 0. The summed E-state index contributed by atoms with van der Waals surface area (Å²) in [7, 11) is 1.35. The number of rotatable bonds is 6. The number of methoxy groups -OCH3 is 1. The highest BCUT2D eigenvalue weighted by Crippen LogP contribution is 2.01. The molecule has 0 aromatic carbocycles. The predicted molar refractivity (Wildman–Crippen MR) is 51.4 cm³/mol. The molecule has 0 aliphatic rings. The topological polar surface area (TPSA) is 35.5 Å². The van der Waals surface area contributed by atoms with E-state index in [1.165, 1.54) is 7.11 Å². The maximum Gasteiger partial charge on any atom is 0.333 e. The van der Waals surface area contributed by atoms with Crippen molar-refractivity contribution in [1.29, 1.82) is 0 Å². The Labute approximate surface area is 79.7 Å². The molecule has 0 aliphatic heterocycles. The van der Waals surface area contributed by atoms with E-state index in [1.807, 2.05) is 0 Å². The highest BCUT2D eigenvalue weighted by Gasteiger charge is 2.05. The molecule has 0 heterocycles. The SMILES string of the molecule is C=C(CCOCC(C)C)C(=O)OC. The van der Waals surface area contributed by atoms with Crippen molar-refractivity contribution in [1.82, 2.24) is 0 Å². The molecular weight excluding hydrogens is 168 g/mol. The second kappa shape index (κ2) is 6.66. The summed E-state index contributed by atoms with van der Waals surface area (Å²) < 4.78 is 9.79. The minimum atomic E-state index is -0.354. The molecular formula is C10H18O3. The smallest absolute Gasteiger partial charge is 0.333 e. The van der Waals surface area contributed by atoms with Crippen molar-refractivity contribution in [3.63, 3.8) is 0 Å². The van der Waals surface area contributed by atoms with Crippen LogP contribution >= 0.6 is 0 Å². The first-order valence-corrected chi connectivity index (χ1v) is 4.41. The van der Waals surface area contributed by atoms with Crippen LogP contribution in [0.15, 0.2) is 12.2 Å². The van der Waals surface area contributed by atoms with Gasteiger partial charge in [-0.15, -0.1) is 0 Å². The van der Waals surface area contributed by atoms with Crippen LogP contribution in [0.3, 0.4) is 0 Å². The van der Waals surface area contributed by atoms with E-state index < -0.39 is 0 Å². The van der Waals surface area contributed by atoms with E-state index in [4.69, 9.17) is 4.74 Å². The average molecular weight is 186 g/mol. The van der Waals surface area contributed by atoms with Gasteiger partial charge in [0.25, 0.3) is 0 Å². The number of ether oxygens (including phenoxy) is 2. The fraction of sp³-hybridized carbons (Fsp3) is 0.700. The highest BCUT2D eigenvalue weighted by atomic mass is 16.5. The Bertz CT molecular complexity index is 173. The largest absolute Gasteiger partial charge is 0.466 e. The second-order valence-corrected chi connectivity index (χ2v) is 3.31. The van der Waals surface area contributed by atoms with Crippen molar-refractivity contribution in [2.24, 2.45) is 5.92 Å². The Kier molecular flexibility index (Phi) is 6.24. The van der Waals surface area contributed by atoms with Gasteiger partial charge < -0.3 is 9.47 Å². The maximum atomic E-state index is 10.9. The number of carbonyl (C=O) groups excluding carboxylic acids is 1. The molecule has 0 saturated carbocycles. The van der Waals surface area contributed by atoms with Gasteiger partial charge in [0.15, 0.2) is 0 Å². The van der Waals surface area contributed by atoms with Crippen LogP contribution in [-0.4, -0.2) is 26.3 Å². The van der Waals surface area contributed by atoms with Crippen molar-refractivity contribution < 1.29 is 14.3 Å². The molecule has 0 aromatic rings. The van der Waals surface area contributed by atoms with Gasteiger partial charge >= 0.3 is 5.97 Å². The summed E-state index contributed by atoms with van der Waals surface area (Å²) in [4.78, 5) is 10.9. The van der Waals surface area contributed by atoms with Crippen molar-refractivity contribution in [3.05, 3.63) is 12.2 Å². The molecule has 0 rings (SSSR count). The van der Waals surface area contributed by atoms with Crippen LogP contribution < -0.4 is 0 Å². The Morgan fingerprint density at radius 3 is 2.54 bits per heavy atom. The molecule has 0 amide bonds. The summed E-state index contributed by atoms with van der Waals surface area (Å²) in [5, 5.41) is 0. The van der Waals surface area contributed by atoms with Crippen LogP contribution in [0.25, 0.3) is 0 Å². The first-order valence-electron chi connectivity index (χ1n) is 4.41. The molecule has 3 nitrogen and oxygen atoms in total. The number of hydrogen-bond acceptors (Lipinski definition) is 3. The van der Waals surface area contributed by atoms with E-state index in [1.54, 1.807) is 0 Å². The van der Waals surface area contributed by atoms with E-state index in [0.29, 0.717) is 31.1 Å². The maximum absolute atomic E-state index is 10.9.